The molecule has 0 saturated heterocycles. The Morgan fingerprint density at radius 3 is 2.23 bits per heavy atom. The van der Waals surface area contributed by atoms with Crippen LogP contribution in [-0.4, -0.2) is 19.4 Å². The molecule has 0 bridgehead atoms. The fourth-order valence-corrected chi connectivity index (χ4v) is 1.36. The zero-order valence-electron chi connectivity index (χ0n) is 8.85. The molecule has 0 unspecified atom stereocenters. The minimum absolute atomic E-state index is 0.747. The Bertz CT molecular complexity index is 104. The highest BCUT2D eigenvalue weighted by molar-refractivity contribution is 5.48. The summed E-state index contributed by atoms with van der Waals surface area (Å²) in [6.45, 7) is 4.38. The van der Waals surface area contributed by atoms with Gasteiger partial charge in [-0.05, 0) is 25.9 Å². The molecule has 0 aliphatic rings. The van der Waals surface area contributed by atoms with Crippen molar-refractivity contribution >= 4 is 6.29 Å². The van der Waals surface area contributed by atoms with E-state index in [9.17, 15) is 4.79 Å². The maximum absolute atomic E-state index is 10.0. The molecular weight excluding hydrogens is 162 g/mol. The van der Waals surface area contributed by atoms with E-state index < -0.39 is 0 Å². The van der Waals surface area contributed by atoms with Crippen LogP contribution < -0.4 is 5.32 Å². The number of hydrogen-bond acceptors (Lipinski definition) is 2. The van der Waals surface area contributed by atoms with Crippen LogP contribution in [0.1, 0.15) is 51.9 Å². The van der Waals surface area contributed by atoms with Crippen LogP contribution in [0.3, 0.4) is 0 Å². The molecule has 0 spiro atoms. The third kappa shape index (κ3) is 11.6. The predicted molar refractivity (Wildman–Crippen MR) is 56.9 cm³/mol. The smallest absolute Gasteiger partial charge is 0.119 e. The van der Waals surface area contributed by atoms with Gasteiger partial charge in [0.25, 0.3) is 0 Å². The Kier molecular flexibility index (Phi) is 11.3. The lowest BCUT2D eigenvalue weighted by Gasteiger charge is -2.01. The summed E-state index contributed by atoms with van der Waals surface area (Å²) in [4.78, 5) is 10.0. The van der Waals surface area contributed by atoms with Gasteiger partial charge in [-0.1, -0.05) is 32.6 Å². The normalized spacial score (nSPS) is 10.2. The maximum Gasteiger partial charge on any atom is 0.119 e. The van der Waals surface area contributed by atoms with E-state index in [0.29, 0.717) is 0 Å². The van der Waals surface area contributed by atoms with Gasteiger partial charge in [0, 0.05) is 6.42 Å². The number of hydrogen-bond donors (Lipinski definition) is 1. The van der Waals surface area contributed by atoms with E-state index in [-0.39, 0.29) is 0 Å². The molecule has 2 heteroatoms. The number of carbonyl (C=O) groups excluding carboxylic acids is 1. The summed E-state index contributed by atoms with van der Waals surface area (Å²) in [7, 11) is 0. The molecule has 0 atom stereocenters. The Hall–Kier alpha value is -0.370. The molecule has 78 valence electrons. The largest absolute Gasteiger partial charge is 0.317 e. The highest BCUT2D eigenvalue weighted by atomic mass is 16.1. The lowest BCUT2D eigenvalue weighted by molar-refractivity contribution is -0.107. The fraction of sp³-hybridized carbons (Fsp3) is 0.909. The van der Waals surface area contributed by atoms with Crippen LogP contribution in [0.15, 0.2) is 0 Å². The Labute approximate surface area is 82.1 Å². The van der Waals surface area contributed by atoms with E-state index in [0.717, 1.165) is 32.2 Å². The molecule has 13 heavy (non-hydrogen) atoms. The molecular formula is C11H23NO. The standard InChI is InChI=1S/C11H23NO/c1-2-12-10-8-6-4-3-5-7-9-11-13/h11-12H,2-10H2,1H3. The summed E-state index contributed by atoms with van der Waals surface area (Å²) in [6, 6.07) is 0. The highest BCUT2D eigenvalue weighted by Gasteiger charge is 1.90. The lowest BCUT2D eigenvalue weighted by Crippen LogP contribution is -2.13. The number of nitrogens with one attached hydrogen (secondary N) is 1. The van der Waals surface area contributed by atoms with Crippen molar-refractivity contribution in [3.63, 3.8) is 0 Å². The molecule has 0 amide bonds. The summed E-state index contributed by atoms with van der Waals surface area (Å²) < 4.78 is 0. The van der Waals surface area contributed by atoms with Gasteiger partial charge in [-0.2, -0.15) is 0 Å². The second-order valence-electron chi connectivity index (χ2n) is 3.43. The van der Waals surface area contributed by atoms with Crippen LogP contribution in [0, 0.1) is 0 Å². The Balaban J connectivity index is 2.79. The average Bonchev–Trinajstić information content (AvgIpc) is 2.16. The SMILES string of the molecule is CCNCCCCCCCCC=O. The maximum atomic E-state index is 10.0. The third-order valence-corrected chi connectivity index (χ3v) is 2.18. The van der Waals surface area contributed by atoms with Crippen LogP contribution in [0.25, 0.3) is 0 Å². The molecule has 0 aromatic carbocycles. The first kappa shape index (κ1) is 12.6. The highest BCUT2D eigenvalue weighted by Crippen LogP contribution is 2.05. The summed E-state index contributed by atoms with van der Waals surface area (Å²) in [5, 5.41) is 3.31. The van der Waals surface area contributed by atoms with Crippen molar-refractivity contribution in [1.29, 1.82) is 0 Å². The zero-order valence-corrected chi connectivity index (χ0v) is 8.85. The lowest BCUT2D eigenvalue weighted by atomic mass is 10.1. The Morgan fingerprint density at radius 1 is 1.00 bits per heavy atom. The van der Waals surface area contributed by atoms with Gasteiger partial charge in [0.2, 0.25) is 0 Å². The number of rotatable bonds is 10. The van der Waals surface area contributed by atoms with Gasteiger partial charge in [0.15, 0.2) is 0 Å². The van der Waals surface area contributed by atoms with Gasteiger partial charge in [-0.3, -0.25) is 0 Å². The molecule has 0 aliphatic carbocycles. The molecule has 0 aromatic rings. The number of aldehydes is 1. The van der Waals surface area contributed by atoms with E-state index in [1.165, 1.54) is 32.1 Å². The second-order valence-corrected chi connectivity index (χ2v) is 3.43. The molecule has 2 nitrogen and oxygen atoms in total. The van der Waals surface area contributed by atoms with Gasteiger partial charge < -0.3 is 10.1 Å². The molecule has 0 aliphatic heterocycles. The first-order valence-corrected chi connectivity index (χ1v) is 5.56. The minimum Gasteiger partial charge on any atom is -0.317 e. The zero-order chi connectivity index (χ0) is 9.78. The predicted octanol–water partition coefficient (Wildman–Crippen LogP) is 2.53. The van der Waals surface area contributed by atoms with Crippen molar-refractivity contribution in [3.8, 4) is 0 Å². The second kappa shape index (κ2) is 11.6. The monoisotopic (exact) mass is 185 g/mol. The Morgan fingerprint density at radius 2 is 1.62 bits per heavy atom. The van der Waals surface area contributed by atoms with Crippen LogP contribution in [-0.2, 0) is 4.79 Å². The van der Waals surface area contributed by atoms with Crippen LogP contribution in [0.4, 0.5) is 0 Å². The van der Waals surface area contributed by atoms with Crippen molar-refractivity contribution in [2.24, 2.45) is 0 Å². The first-order chi connectivity index (χ1) is 6.41. The number of unbranched alkanes of at least 4 members (excludes halogenated alkanes) is 6. The summed E-state index contributed by atoms with van der Waals surface area (Å²) in [6.07, 6.45) is 9.30. The van der Waals surface area contributed by atoms with E-state index in [1.807, 2.05) is 0 Å². The summed E-state index contributed by atoms with van der Waals surface area (Å²) in [5.74, 6) is 0. The van der Waals surface area contributed by atoms with Gasteiger partial charge in [-0.15, -0.1) is 0 Å². The van der Waals surface area contributed by atoms with Crippen molar-refractivity contribution in [3.05, 3.63) is 0 Å². The number of carbonyl (C=O) groups is 1. The third-order valence-electron chi connectivity index (χ3n) is 2.18. The summed E-state index contributed by atoms with van der Waals surface area (Å²) in [5.41, 5.74) is 0. The van der Waals surface area contributed by atoms with Crippen LogP contribution in [0.2, 0.25) is 0 Å². The van der Waals surface area contributed by atoms with Crippen molar-refractivity contribution in [1.82, 2.24) is 5.32 Å². The molecule has 0 heterocycles. The van der Waals surface area contributed by atoms with Crippen LogP contribution in [0.5, 0.6) is 0 Å². The molecule has 0 fully saturated rings. The van der Waals surface area contributed by atoms with Gasteiger partial charge in [0.05, 0.1) is 0 Å². The van der Waals surface area contributed by atoms with Crippen molar-refractivity contribution in [2.75, 3.05) is 13.1 Å². The molecule has 0 saturated carbocycles. The van der Waals surface area contributed by atoms with Gasteiger partial charge >= 0.3 is 0 Å². The quantitative estimate of drug-likeness (QED) is 0.418. The van der Waals surface area contributed by atoms with Crippen molar-refractivity contribution in [2.45, 2.75) is 51.9 Å². The minimum atomic E-state index is 0.747. The van der Waals surface area contributed by atoms with E-state index in [1.54, 1.807) is 0 Å². The van der Waals surface area contributed by atoms with Gasteiger partial charge in [0.1, 0.15) is 6.29 Å². The molecule has 0 rings (SSSR count). The van der Waals surface area contributed by atoms with E-state index >= 15 is 0 Å². The van der Waals surface area contributed by atoms with E-state index in [2.05, 4.69) is 12.2 Å². The molecule has 0 radical (unpaired) electrons. The summed E-state index contributed by atoms with van der Waals surface area (Å²) >= 11 is 0. The topological polar surface area (TPSA) is 29.1 Å². The molecule has 1 N–H and O–H groups in total. The van der Waals surface area contributed by atoms with Crippen molar-refractivity contribution < 1.29 is 4.79 Å². The van der Waals surface area contributed by atoms with Gasteiger partial charge in [-0.25, -0.2) is 0 Å². The van der Waals surface area contributed by atoms with Crippen LogP contribution >= 0.6 is 0 Å². The fourth-order valence-electron chi connectivity index (χ4n) is 1.36. The molecule has 0 aromatic heterocycles. The average molecular weight is 185 g/mol. The van der Waals surface area contributed by atoms with E-state index in [4.69, 9.17) is 0 Å². The first-order valence-electron chi connectivity index (χ1n) is 5.56.